The quantitative estimate of drug-likeness (QED) is 0.0297. The van der Waals surface area contributed by atoms with Gasteiger partial charge in [-0.05, 0) is 49.2 Å². The van der Waals surface area contributed by atoms with E-state index in [-0.39, 0.29) is 47.0 Å². The van der Waals surface area contributed by atoms with Crippen LogP contribution in [0.4, 0.5) is 5.69 Å². The molecule has 0 aliphatic rings. The Bertz CT molecular complexity index is 1930. The van der Waals surface area contributed by atoms with Gasteiger partial charge in [-0.3, -0.25) is 24.0 Å². The van der Waals surface area contributed by atoms with Crippen LogP contribution in [0, 0.1) is 5.92 Å². The van der Waals surface area contributed by atoms with Crippen LogP contribution >= 0.6 is 0 Å². The topological polar surface area (TPSA) is 280 Å². The fraction of sp³-hybridized carbons (Fsp3) is 0.368. The molecule has 0 spiro atoms. The van der Waals surface area contributed by atoms with Crippen molar-refractivity contribution in [3.63, 3.8) is 0 Å². The van der Waals surface area contributed by atoms with Crippen molar-refractivity contribution in [2.24, 2.45) is 5.92 Å². The number of nitrogens with one attached hydrogen (secondary N) is 4. The van der Waals surface area contributed by atoms with Gasteiger partial charge in [-0.25, -0.2) is 14.4 Å². The molecule has 0 saturated heterocycles. The number of carbonyl (C=O) groups excluding carboxylic acids is 5. The first-order chi connectivity index (χ1) is 27.2. The molecule has 19 nitrogen and oxygen atoms in total. The summed E-state index contributed by atoms with van der Waals surface area (Å²) in [6.07, 6.45) is 2.33. The molecule has 4 amide bonds. The largest absolute Gasteiger partial charge is 0.481 e. The molecular weight excluding hydrogens is 750 g/mol. The molecule has 0 radical (unpaired) electrons. The Hall–Kier alpha value is -6.92. The molecule has 2 aromatic carbocycles. The Balaban J connectivity index is 1.73. The molecule has 306 valence electrons. The minimum Gasteiger partial charge on any atom is -0.481 e. The van der Waals surface area contributed by atoms with Crippen molar-refractivity contribution in [3.05, 3.63) is 71.5 Å². The second-order valence-corrected chi connectivity index (χ2v) is 12.5. The average molecular weight is 796 g/mol. The molecule has 1 aromatic heterocycles. The molecule has 0 saturated carbocycles. The highest BCUT2D eigenvalue weighted by molar-refractivity contribution is 6.00. The van der Waals surface area contributed by atoms with Gasteiger partial charge in [0.15, 0.2) is 12.4 Å². The van der Waals surface area contributed by atoms with E-state index in [2.05, 4.69) is 21.3 Å². The predicted octanol–water partition coefficient (Wildman–Crippen LogP) is 3.12. The number of carbonyl (C=O) groups is 8. The number of para-hydroxylation sites is 1. The Morgan fingerprint density at radius 2 is 1.61 bits per heavy atom. The van der Waals surface area contributed by atoms with E-state index in [4.69, 9.17) is 24.2 Å². The van der Waals surface area contributed by atoms with E-state index in [1.165, 1.54) is 36.4 Å². The van der Waals surface area contributed by atoms with Crippen LogP contribution in [0.15, 0.2) is 59.0 Å². The van der Waals surface area contributed by atoms with Gasteiger partial charge in [0.1, 0.15) is 17.6 Å². The van der Waals surface area contributed by atoms with E-state index >= 15 is 0 Å². The maximum absolute atomic E-state index is 13.6. The summed E-state index contributed by atoms with van der Waals surface area (Å²) in [6.45, 7) is 2.50. The molecule has 0 unspecified atom stereocenters. The van der Waals surface area contributed by atoms with Crippen molar-refractivity contribution in [1.29, 1.82) is 0 Å². The number of hydrogen-bond donors (Lipinski definition) is 7. The number of ether oxygens (including phenoxy) is 1. The van der Waals surface area contributed by atoms with Crippen molar-refractivity contribution in [3.8, 4) is 17.1 Å². The third-order valence-electron chi connectivity index (χ3n) is 8.56. The molecule has 7 N–H and O–H groups in total. The maximum atomic E-state index is 13.6. The van der Waals surface area contributed by atoms with Crippen molar-refractivity contribution in [2.45, 2.75) is 64.5 Å². The number of nitrogens with zero attached hydrogens (tertiary/aromatic N) is 1. The van der Waals surface area contributed by atoms with Crippen LogP contribution in [-0.2, 0) is 28.8 Å². The zero-order valence-electron chi connectivity index (χ0n) is 31.4. The molecule has 3 rings (SSSR count). The minimum absolute atomic E-state index is 0.0771. The zero-order chi connectivity index (χ0) is 42.1. The predicted molar refractivity (Wildman–Crippen MR) is 200 cm³/mol. The van der Waals surface area contributed by atoms with Crippen LogP contribution < -0.4 is 26.0 Å². The summed E-state index contributed by atoms with van der Waals surface area (Å²) in [7, 11) is 1.63. The third kappa shape index (κ3) is 12.8. The number of furan rings is 1. The number of rotatable bonds is 24. The molecule has 0 bridgehead atoms. The lowest BCUT2D eigenvalue weighted by Gasteiger charge is -2.32. The highest BCUT2D eigenvalue weighted by atomic mass is 16.7. The number of unbranched alkanes of at least 4 members (excludes halogenated alkanes) is 2. The molecule has 0 aliphatic heterocycles. The van der Waals surface area contributed by atoms with Gasteiger partial charge in [-0.1, -0.05) is 51.3 Å². The normalized spacial score (nSPS) is 12.2. The average Bonchev–Trinajstić information content (AvgIpc) is 3.69. The van der Waals surface area contributed by atoms with E-state index in [0.29, 0.717) is 24.9 Å². The van der Waals surface area contributed by atoms with Gasteiger partial charge >= 0.3 is 23.9 Å². The number of aliphatic carboxylic acids is 3. The molecule has 1 heterocycles. The van der Waals surface area contributed by atoms with Gasteiger partial charge < -0.3 is 50.6 Å². The van der Waals surface area contributed by atoms with Gasteiger partial charge in [0, 0.05) is 18.3 Å². The lowest BCUT2D eigenvalue weighted by Crippen LogP contribution is -2.49. The summed E-state index contributed by atoms with van der Waals surface area (Å²) >= 11 is 0. The van der Waals surface area contributed by atoms with Crippen LogP contribution in [0.25, 0.3) is 11.3 Å². The third-order valence-corrected chi connectivity index (χ3v) is 8.56. The number of amides is 4. The van der Waals surface area contributed by atoms with Crippen LogP contribution in [0.1, 0.15) is 83.6 Å². The summed E-state index contributed by atoms with van der Waals surface area (Å²) < 4.78 is 10.9. The number of carboxylic acid groups (broad SMARTS) is 3. The molecule has 0 fully saturated rings. The van der Waals surface area contributed by atoms with E-state index in [1.807, 2.05) is 6.92 Å². The number of carboxylic acids is 3. The highest BCUT2D eigenvalue weighted by Crippen LogP contribution is 2.30. The lowest BCUT2D eigenvalue weighted by atomic mass is 9.90. The highest BCUT2D eigenvalue weighted by Gasteiger charge is 2.34. The Labute approximate surface area is 326 Å². The molecule has 19 heteroatoms. The fourth-order valence-corrected chi connectivity index (χ4v) is 5.72. The van der Waals surface area contributed by atoms with Crippen LogP contribution in [0.2, 0.25) is 0 Å². The minimum atomic E-state index is -1.79. The van der Waals surface area contributed by atoms with Gasteiger partial charge in [0.25, 0.3) is 11.8 Å². The van der Waals surface area contributed by atoms with Crippen molar-refractivity contribution < 1.29 is 67.7 Å². The van der Waals surface area contributed by atoms with E-state index in [0.717, 1.165) is 17.9 Å². The summed E-state index contributed by atoms with van der Waals surface area (Å²) in [6, 6.07) is 10.4. The van der Waals surface area contributed by atoms with E-state index < -0.39 is 72.6 Å². The van der Waals surface area contributed by atoms with Gasteiger partial charge in [-0.2, -0.15) is 5.06 Å². The van der Waals surface area contributed by atoms with E-state index in [9.17, 15) is 43.5 Å². The van der Waals surface area contributed by atoms with Crippen LogP contribution in [0.3, 0.4) is 0 Å². The lowest BCUT2D eigenvalue weighted by molar-refractivity contribution is -0.171. The van der Waals surface area contributed by atoms with E-state index in [1.54, 1.807) is 32.2 Å². The van der Waals surface area contributed by atoms with Gasteiger partial charge in [0.05, 0.1) is 36.2 Å². The van der Waals surface area contributed by atoms with Gasteiger partial charge in [0.2, 0.25) is 12.3 Å². The fourth-order valence-electron chi connectivity index (χ4n) is 5.72. The second-order valence-electron chi connectivity index (χ2n) is 12.5. The zero-order valence-corrected chi connectivity index (χ0v) is 31.4. The van der Waals surface area contributed by atoms with Crippen LogP contribution in [0.5, 0.6) is 5.75 Å². The Morgan fingerprint density at radius 3 is 2.25 bits per heavy atom. The standard InChI is InChI=1S/C38H45N5O14/c1-4-6-7-11-24(28(5-2)43(21-44)57-38(54)23-10-8-9-12-26(23)39-3)34(49)40-20-41-36(51)30-16-15-29(56-30)22-13-14-25(31(17-22)55-19-33(47)48)35(50)42-27(37(52)53)18-32(45)46/h8-10,12-17,21,24,27-28,39H,4-7,11,18-20H2,1-3H3,(H,40,49)(H,41,51)(H,42,50)(H,45,46)(H,47,48)(H,52,53)/t24-,27+,28-/m1/s1. The maximum Gasteiger partial charge on any atom is 0.365 e. The number of benzene rings is 2. The molecular formula is C38H45N5O14. The first kappa shape index (κ1) is 44.5. The SMILES string of the molecule is CCCCC[C@@H](C(=O)NCNC(=O)c1ccc(-c2ccc(C(=O)N[C@@H](CC(=O)O)C(=O)O)c(OCC(=O)O)c2)o1)[C@@H](CC)N(C=O)OC(=O)c1ccccc1NC. The monoisotopic (exact) mass is 795 g/mol. The first-order valence-corrected chi connectivity index (χ1v) is 17.9. The number of anilines is 1. The van der Waals surface area contributed by atoms with Crippen molar-refractivity contribution in [2.75, 3.05) is 25.6 Å². The first-order valence-electron chi connectivity index (χ1n) is 17.9. The number of hydroxylamine groups is 2. The summed E-state index contributed by atoms with van der Waals surface area (Å²) in [5.74, 6) is -8.81. The molecule has 0 aliphatic carbocycles. The Morgan fingerprint density at radius 1 is 0.877 bits per heavy atom. The Kier molecular flexibility index (Phi) is 17.0. The molecule has 57 heavy (non-hydrogen) atoms. The van der Waals surface area contributed by atoms with Crippen molar-refractivity contribution in [1.82, 2.24) is 21.0 Å². The van der Waals surface area contributed by atoms with Crippen molar-refractivity contribution >= 4 is 53.7 Å². The number of hydrogen-bond acceptors (Lipinski definition) is 12. The summed E-state index contributed by atoms with van der Waals surface area (Å²) in [5.41, 5.74) is 0.590. The summed E-state index contributed by atoms with van der Waals surface area (Å²) in [5, 5.41) is 38.4. The molecule has 3 aromatic rings. The smallest absolute Gasteiger partial charge is 0.365 e. The van der Waals surface area contributed by atoms with Crippen LogP contribution in [-0.4, -0.2) is 101 Å². The summed E-state index contributed by atoms with van der Waals surface area (Å²) in [4.78, 5) is 104. The molecule has 3 atom stereocenters. The van der Waals surface area contributed by atoms with Gasteiger partial charge in [-0.15, -0.1) is 0 Å². The second kappa shape index (κ2) is 21.8.